The van der Waals surface area contributed by atoms with E-state index in [-0.39, 0.29) is 23.6 Å². The quantitative estimate of drug-likeness (QED) is 0.753. The van der Waals surface area contributed by atoms with E-state index in [0.717, 1.165) is 27.9 Å². The third-order valence-electron chi connectivity index (χ3n) is 4.74. The lowest BCUT2D eigenvalue weighted by Crippen LogP contribution is -2.39. The summed E-state index contributed by atoms with van der Waals surface area (Å²) in [5.74, 6) is 1.83. The van der Waals surface area contributed by atoms with Gasteiger partial charge in [-0.3, -0.25) is 4.99 Å². The molecule has 0 unspecified atom stereocenters. The van der Waals surface area contributed by atoms with Crippen LogP contribution in [0, 0.1) is 0 Å². The minimum atomic E-state index is -3.05. The first-order valence-electron chi connectivity index (χ1n) is 8.54. The third kappa shape index (κ3) is 3.95. The van der Waals surface area contributed by atoms with E-state index < -0.39 is 9.84 Å². The number of amidine groups is 1. The predicted octanol–water partition coefficient (Wildman–Crippen LogP) is 3.62. The SMILES string of the molecule is COc1ccc(CSC2=N[C@H]3CS(=O)(=O)C[C@@H]3N2c2ccc(Cl)cc2)cc1. The topological polar surface area (TPSA) is 59.0 Å². The summed E-state index contributed by atoms with van der Waals surface area (Å²) in [5, 5.41) is 1.51. The monoisotopic (exact) mass is 422 g/mol. The van der Waals surface area contributed by atoms with Crippen LogP contribution in [-0.2, 0) is 15.6 Å². The molecule has 2 aromatic rings. The van der Waals surface area contributed by atoms with Crippen molar-refractivity contribution in [2.24, 2.45) is 4.99 Å². The smallest absolute Gasteiger partial charge is 0.164 e. The van der Waals surface area contributed by atoms with Crippen molar-refractivity contribution < 1.29 is 13.2 Å². The first-order valence-corrected chi connectivity index (χ1v) is 11.7. The Morgan fingerprint density at radius 1 is 1.15 bits per heavy atom. The van der Waals surface area contributed by atoms with Gasteiger partial charge in [-0.2, -0.15) is 0 Å². The largest absolute Gasteiger partial charge is 0.497 e. The van der Waals surface area contributed by atoms with Crippen molar-refractivity contribution >= 4 is 44.1 Å². The van der Waals surface area contributed by atoms with Crippen LogP contribution in [0.5, 0.6) is 5.75 Å². The number of hydrogen-bond donors (Lipinski definition) is 0. The summed E-state index contributed by atoms with van der Waals surface area (Å²) in [6, 6.07) is 15.0. The molecule has 142 valence electrons. The molecule has 1 saturated heterocycles. The summed E-state index contributed by atoms with van der Waals surface area (Å²) in [6.07, 6.45) is 0. The lowest BCUT2D eigenvalue weighted by atomic mass is 10.1. The van der Waals surface area contributed by atoms with Crippen LogP contribution in [0.3, 0.4) is 0 Å². The number of anilines is 1. The number of hydrogen-bond acceptors (Lipinski definition) is 6. The molecule has 2 atom stereocenters. The van der Waals surface area contributed by atoms with E-state index in [1.165, 1.54) is 0 Å². The van der Waals surface area contributed by atoms with Gasteiger partial charge < -0.3 is 9.64 Å². The van der Waals surface area contributed by atoms with Crippen LogP contribution < -0.4 is 9.64 Å². The molecule has 2 heterocycles. The molecule has 0 N–H and O–H groups in total. The van der Waals surface area contributed by atoms with Crippen LogP contribution in [0.25, 0.3) is 0 Å². The lowest BCUT2D eigenvalue weighted by Gasteiger charge is -2.26. The van der Waals surface area contributed by atoms with Gasteiger partial charge in [0.25, 0.3) is 0 Å². The molecule has 0 radical (unpaired) electrons. The Bertz CT molecular complexity index is 959. The van der Waals surface area contributed by atoms with Gasteiger partial charge in [0.05, 0.1) is 30.7 Å². The molecule has 2 aliphatic heterocycles. The maximum atomic E-state index is 12.1. The third-order valence-corrected chi connectivity index (χ3v) is 7.73. The molecule has 2 aliphatic rings. The van der Waals surface area contributed by atoms with E-state index in [1.54, 1.807) is 18.9 Å². The zero-order valence-electron chi connectivity index (χ0n) is 14.7. The van der Waals surface area contributed by atoms with Gasteiger partial charge in [0.1, 0.15) is 5.75 Å². The number of ether oxygens (including phenoxy) is 1. The highest BCUT2D eigenvalue weighted by molar-refractivity contribution is 8.13. The zero-order valence-corrected chi connectivity index (χ0v) is 17.1. The van der Waals surface area contributed by atoms with Crippen molar-refractivity contribution in [1.82, 2.24) is 0 Å². The Kier molecular flexibility index (Phi) is 5.09. The van der Waals surface area contributed by atoms with Crippen LogP contribution in [0.2, 0.25) is 5.02 Å². The van der Waals surface area contributed by atoms with E-state index in [0.29, 0.717) is 5.02 Å². The number of fused-ring (bicyclic) bond motifs is 1. The Labute approximate surface area is 168 Å². The molecule has 0 amide bonds. The maximum Gasteiger partial charge on any atom is 0.164 e. The van der Waals surface area contributed by atoms with E-state index in [9.17, 15) is 8.42 Å². The number of sulfone groups is 1. The van der Waals surface area contributed by atoms with Crippen molar-refractivity contribution in [1.29, 1.82) is 0 Å². The predicted molar refractivity (Wildman–Crippen MR) is 112 cm³/mol. The summed E-state index contributed by atoms with van der Waals surface area (Å²) in [5.41, 5.74) is 2.08. The fourth-order valence-corrected chi connectivity index (χ4v) is 6.46. The van der Waals surface area contributed by atoms with E-state index in [1.807, 2.05) is 48.5 Å². The first-order chi connectivity index (χ1) is 12.9. The van der Waals surface area contributed by atoms with Crippen molar-refractivity contribution in [2.45, 2.75) is 17.8 Å². The molecule has 27 heavy (non-hydrogen) atoms. The minimum absolute atomic E-state index is 0.119. The number of thioether (sulfide) groups is 1. The van der Waals surface area contributed by atoms with Crippen LogP contribution in [-0.4, -0.2) is 44.3 Å². The highest BCUT2D eigenvalue weighted by Crippen LogP contribution is 2.36. The number of methoxy groups -OCH3 is 1. The average molecular weight is 423 g/mol. The molecule has 1 fully saturated rings. The van der Waals surface area contributed by atoms with Gasteiger partial charge in [-0.1, -0.05) is 35.5 Å². The molecule has 0 saturated carbocycles. The number of nitrogens with zero attached hydrogens (tertiary/aromatic N) is 2. The van der Waals surface area contributed by atoms with Gasteiger partial charge in [0, 0.05) is 16.5 Å². The van der Waals surface area contributed by atoms with Crippen LogP contribution in [0.4, 0.5) is 5.69 Å². The second-order valence-electron chi connectivity index (χ2n) is 6.61. The second-order valence-corrected chi connectivity index (χ2v) is 10.1. The molecular weight excluding hydrogens is 404 g/mol. The fourth-order valence-electron chi connectivity index (χ4n) is 3.41. The average Bonchev–Trinajstić information content (AvgIpc) is 3.12. The summed E-state index contributed by atoms with van der Waals surface area (Å²) in [6.45, 7) is 0. The number of aliphatic imine (C=N–C) groups is 1. The molecule has 0 aromatic heterocycles. The highest BCUT2D eigenvalue weighted by Gasteiger charge is 2.47. The summed E-state index contributed by atoms with van der Waals surface area (Å²) in [4.78, 5) is 6.80. The summed E-state index contributed by atoms with van der Waals surface area (Å²) >= 11 is 7.64. The molecule has 0 spiro atoms. The maximum absolute atomic E-state index is 12.1. The van der Waals surface area contributed by atoms with Gasteiger partial charge in [-0.05, 0) is 42.0 Å². The molecule has 0 bridgehead atoms. The lowest BCUT2D eigenvalue weighted by molar-refractivity contribution is 0.414. The second kappa shape index (κ2) is 7.37. The van der Waals surface area contributed by atoms with Gasteiger partial charge >= 0.3 is 0 Å². The van der Waals surface area contributed by atoms with Crippen LogP contribution in [0.15, 0.2) is 53.5 Å². The zero-order chi connectivity index (χ0) is 19.0. The van der Waals surface area contributed by atoms with Crippen LogP contribution in [0.1, 0.15) is 5.56 Å². The number of rotatable bonds is 4. The number of benzene rings is 2. The van der Waals surface area contributed by atoms with E-state index in [4.69, 9.17) is 21.3 Å². The van der Waals surface area contributed by atoms with Gasteiger partial charge in [0.2, 0.25) is 0 Å². The fraction of sp³-hybridized carbons (Fsp3) is 0.316. The first kappa shape index (κ1) is 18.7. The van der Waals surface area contributed by atoms with Gasteiger partial charge in [-0.25, -0.2) is 8.42 Å². The van der Waals surface area contributed by atoms with Gasteiger partial charge in [-0.15, -0.1) is 0 Å². The standard InChI is InChI=1S/C19H19ClN2O3S2/c1-25-16-8-2-13(3-9-16)10-26-19-21-17-11-27(23,24)12-18(17)22(19)15-6-4-14(20)5-7-15/h2-9,17-18H,10-12H2,1H3/t17-,18-/m0/s1. The Hall–Kier alpha value is -1.70. The molecular formula is C19H19ClN2O3S2. The molecule has 4 rings (SSSR count). The Morgan fingerprint density at radius 2 is 1.85 bits per heavy atom. The highest BCUT2D eigenvalue weighted by atomic mass is 35.5. The van der Waals surface area contributed by atoms with E-state index >= 15 is 0 Å². The Balaban J connectivity index is 1.57. The molecule has 0 aliphatic carbocycles. The van der Waals surface area contributed by atoms with Crippen molar-refractivity contribution in [3.8, 4) is 5.75 Å². The number of halogens is 1. The van der Waals surface area contributed by atoms with Crippen molar-refractivity contribution in [2.75, 3.05) is 23.5 Å². The van der Waals surface area contributed by atoms with Gasteiger partial charge in [0.15, 0.2) is 15.0 Å². The minimum Gasteiger partial charge on any atom is -0.497 e. The summed E-state index contributed by atoms with van der Waals surface area (Å²) < 4.78 is 29.4. The summed E-state index contributed by atoms with van der Waals surface area (Å²) in [7, 11) is -1.40. The Morgan fingerprint density at radius 3 is 2.52 bits per heavy atom. The van der Waals surface area contributed by atoms with E-state index in [2.05, 4.69) is 4.90 Å². The van der Waals surface area contributed by atoms with Crippen LogP contribution >= 0.6 is 23.4 Å². The normalized spacial score (nSPS) is 23.2. The van der Waals surface area contributed by atoms with Crippen molar-refractivity contribution in [3.63, 3.8) is 0 Å². The van der Waals surface area contributed by atoms with Crippen molar-refractivity contribution in [3.05, 3.63) is 59.1 Å². The molecule has 8 heteroatoms. The molecule has 2 aromatic carbocycles. The molecule has 5 nitrogen and oxygen atoms in total.